The van der Waals surface area contributed by atoms with E-state index in [-0.39, 0.29) is 54.3 Å². The highest BCUT2D eigenvalue weighted by atomic mass is 127. The molecule has 1 fully saturated rings. The smallest absolute Gasteiger partial charge is 0.313 e. The van der Waals surface area contributed by atoms with Gasteiger partial charge in [0.25, 0.3) is 8.58 Å². The fourth-order valence-electron chi connectivity index (χ4n) is 1.56. The molecule has 1 rings (SSSR count). The van der Waals surface area contributed by atoms with Crippen LogP contribution in [0.25, 0.3) is 0 Å². The van der Waals surface area contributed by atoms with Crippen LogP contribution in [-0.4, -0.2) is 54.9 Å². The van der Waals surface area contributed by atoms with Crippen LogP contribution >= 0.6 is 63.0 Å². The molecule has 0 spiro atoms. The summed E-state index contributed by atoms with van der Waals surface area (Å²) in [6.45, 7) is 6.91. The number of aliphatic hydroxyl groups excluding tert-OH is 1. The summed E-state index contributed by atoms with van der Waals surface area (Å²) in [6.07, 6.45) is -0.213. The van der Waals surface area contributed by atoms with Crippen LogP contribution in [0.2, 0.25) is 11.6 Å². The first-order chi connectivity index (χ1) is 12.7. The molecular weight excluding hydrogens is 646 g/mol. The highest BCUT2D eigenvalue weighted by Gasteiger charge is 2.38. The molecule has 29 heavy (non-hydrogen) atoms. The van der Waals surface area contributed by atoms with Gasteiger partial charge in [-0.05, 0) is 27.7 Å². The number of carboxylic acid groups (broad SMARTS) is 1. The van der Waals surface area contributed by atoms with Crippen molar-refractivity contribution in [3.63, 3.8) is 0 Å². The van der Waals surface area contributed by atoms with Gasteiger partial charge in [0.2, 0.25) is 0 Å². The van der Waals surface area contributed by atoms with Gasteiger partial charge in [-0.1, -0.05) is 7.43 Å². The number of halogens is 2. The van der Waals surface area contributed by atoms with E-state index in [0.717, 1.165) is 0 Å². The van der Waals surface area contributed by atoms with Crippen LogP contribution in [0.3, 0.4) is 0 Å². The van der Waals surface area contributed by atoms with Crippen molar-refractivity contribution in [3.8, 4) is 0 Å². The summed E-state index contributed by atoms with van der Waals surface area (Å²) in [6, 6.07) is 0. The molecule has 0 radical (unpaired) electrons. The second kappa shape index (κ2) is 18.1. The largest absolute Gasteiger partial charge is 0.481 e. The third-order valence-electron chi connectivity index (χ3n) is 2.74. The van der Waals surface area contributed by atoms with Crippen LogP contribution < -0.4 is 0 Å². The van der Waals surface area contributed by atoms with Gasteiger partial charge in [-0.3, -0.25) is 19.2 Å². The first-order valence-electron chi connectivity index (χ1n) is 8.33. The molecule has 0 aromatic carbocycles. The van der Waals surface area contributed by atoms with Crippen molar-refractivity contribution < 1.29 is 40.3 Å². The Kier molecular flexibility index (Phi) is 21.3. The maximum Gasteiger partial charge on any atom is 0.313 e. The number of carbonyl (C=O) groups is 4. The average Bonchev–Trinajstić information content (AvgIpc) is 2.82. The molecule has 0 aliphatic carbocycles. The molecule has 4 atom stereocenters. The monoisotopic (exact) mass is 679 g/mol. The molecular formula is C15H32B2I2O8P2. The lowest BCUT2D eigenvalue weighted by Crippen LogP contribution is -2.22. The van der Waals surface area contributed by atoms with Gasteiger partial charge in [0.1, 0.15) is 0 Å². The van der Waals surface area contributed by atoms with Crippen molar-refractivity contribution in [1.29, 1.82) is 0 Å². The molecule has 1 aliphatic rings. The Morgan fingerprint density at radius 2 is 1.72 bits per heavy atom. The van der Waals surface area contributed by atoms with Crippen LogP contribution in [0.15, 0.2) is 0 Å². The summed E-state index contributed by atoms with van der Waals surface area (Å²) in [5.41, 5.74) is 0. The zero-order valence-electron chi connectivity index (χ0n) is 16.1. The van der Waals surface area contributed by atoms with Gasteiger partial charge in [-0.2, -0.15) is 18.2 Å². The number of hydrogen-bond donors (Lipinski definition) is 2. The molecule has 0 aromatic rings. The Hall–Kier alpha value is 0.490. The first kappa shape index (κ1) is 34.1. The lowest BCUT2D eigenvalue weighted by atomic mass is 9.82. The minimum absolute atomic E-state index is 0. The van der Waals surface area contributed by atoms with Crippen molar-refractivity contribution >= 4 is 95.4 Å². The molecule has 4 unspecified atom stereocenters. The number of carbonyl (C=O) groups excluding carboxylic acids is 3. The average molecular weight is 679 g/mol. The van der Waals surface area contributed by atoms with Crippen molar-refractivity contribution in [2.45, 2.75) is 71.8 Å². The van der Waals surface area contributed by atoms with Gasteiger partial charge in [-0.15, -0.1) is 44.7 Å². The van der Waals surface area contributed by atoms with Crippen molar-refractivity contribution in [2.24, 2.45) is 0 Å². The Morgan fingerprint density at radius 1 is 1.28 bits per heavy atom. The lowest BCUT2D eigenvalue weighted by molar-refractivity contribution is -0.152. The van der Waals surface area contributed by atoms with Crippen LogP contribution in [0.1, 0.15) is 49.4 Å². The van der Waals surface area contributed by atoms with E-state index in [1.807, 2.05) is 22.4 Å². The quantitative estimate of drug-likeness (QED) is 0.144. The van der Waals surface area contributed by atoms with Crippen molar-refractivity contribution in [2.75, 3.05) is 0 Å². The minimum atomic E-state index is -0.972. The normalized spacial score (nSPS) is 15.8. The summed E-state index contributed by atoms with van der Waals surface area (Å²) in [4.78, 5) is 43.2. The molecule has 1 saturated heterocycles. The molecule has 0 amide bonds. The van der Waals surface area contributed by atoms with E-state index in [2.05, 4.69) is 45.3 Å². The minimum Gasteiger partial charge on any atom is -0.481 e. The number of aliphatic carboxylic acids is 1. The summed E-state index contributed by atoms with van der Waals surface area (Å²) in [5, 5.41) is 16.9. The summed E-state index contributed by atoms with van der Waals surface area (Å²) < 4.78 is 9.12. The SMILES string of the molecule is C.CC(C)O.CC(C)OC(=O)CC(B(P)I)C(=O)O.O=C1CC(B(P)I)C(=O)O1.[2HH]. The predicted molar refractivity (Wildman–Crippen MR) is 142 cm³/mol. The zero-order chi connectivity index (χ0) is 22.6. The topological polar surface area (TPSA) is 127 Å². The van der Waals surface area contributed by atoms with E-state index in [4.69, 9.17) is 14.9 Å². The third-order valence-corrected chi connectivity index (χ3v) is 5.41. The van der Waals surface area contributed by atoms with E-state index in [1.54, 1.807) is 27.7 Å². The van der Waals surface area contributed by atoms with Gasteiger partial charge in [-0.25, -0.2) is 0 Å². The molecule has 0 saturated carbocycles. The molecule has 1 aliphatic heterocycles. The molecule has 0 bridgehead atoms. The number of esters is 3. The highest BCUT2D eigenvalue weighted by Crippen LogP contribution is 2.31. The molecule has 2 N–H and O–H groups in total. The maximum atomic E-state index is 11.2. The van der Waals surface area contributed by atoms with E-state index in [9.17, 15) is 19.2 Å². The number of carboxylic acids is 1. The van der Waals surface area contributed by atoms with Crippen LogP contribution in [0.5, 0.6) is 0 Å². The van der Waals surface area contributed by atoms with E-state index in [0.29, 0.717) is 0 Å². The molecule has 14 heteroatoms. The van der Waals surface area contributed by atoms with Gasteiger partial charge >= 0.3 is 23.9 Å². The molecule has 8 nitrogen and oxygen atoms in total. The predicted octanol–water partition coefficient (Wildman–Crippen LogP) is 3.48. The van der Waals surface area contributed by atoms with Gasteiger partial charge < -0.3 is 19.7 Å². The Morgan fingerprint density at radius 3 is 1.93 bits per heavy atom. The van der Waals surface area contributed by atoms with E-state index < -0.39 is 23.7 Å². The number of aliphatic hydroxyl groups is 1. The highest BCUT2D eigenvalue weighted by molar-refractivity contribution is 14.1. The van der Waals surface area contributed by atoms with Gasteiger partial charge in [0.15, 0.2) is 0 Å². The van der Waals surface area contributed by atoms with Crippen LogP contribution in [0.4, 0.5) is 0 Å². The van der Waals surface area contributed by atoms with Gasteiger partial charge in [0.05, 0.1) is 30.6 Å². The molecule has 1 heterocycles. The fraction of sp³-hybridized carbons (Fsp3) is 0.733. The summed E-state index contributed by atoms with van der Waals surface area (Å²) in [7, 11) is 4.85. The Balaban J connectivity index is -0.000000186. The second-order valence-electron chi connectivity index (χ2n) is 6.27. The van der Waals surface area contributed by atoms with E-state index in [1.165, 1.54) is 0 Å². The molecule has 170 valence electrons. The standard InChI is InChI=1S/C7H13BIO4P.C4H5BIO3P.C3H8O.CH4.H2/c1-4(2)13-6(10)3-5(7(11)12)8(9)14;6-5(10)2-1-3(7)9-4(2)8;1-3(2)4;;/h4-5H,3,14H2,1-2H3,(H,11,12);2H,1,10H2;3-4H,1-2H3;1H4;1H/i;;;;1+1. The van der Waals surface area contributed by atoms with Crippen molar-refractivity contribution in [1.82, 2.24) is 0 Å². The third kappa shape index (κ3) is 18.9. The van der Waals surface area contributed by atoms with Crippen LogP contribution in [0, 0.1) is 0 Å². The first-order valence-corrected chi connectivity index (χ1v) is 12.2. The fourth-order valence-corrected chi connectivity index (χ4v) is 3.27. The van der Waals surface area contributed by atoms with E-state index >= 15 is 0 Å². The number of ether oxygens (including phenoxy) is 2. The molecule has 0 aromatic heterocycles. The zero-order valence-corrected chi connectivity index (χ0v) is 22.8. The number of cyclic esters (lactones) is 2. The van der Waals surface area contributed by atoms with Crippen LogP contribution in [-0.2, 0) is 28.7 Å². The summed E-state index contributed by atoms with van der Waals surface area (Å²) >= 11 is 4.04. The maximum absolute atomic E-state index is 11.2. The Bertz CT molecular complexity index is 540. The lowest BCUT2D eigenvalue weighted by Gasteiger charge is -2.13. The van der Waals surface area contributed by atoms with Crippen molar-refractivity contribution in [3.05, 3.63) is 0 Å². The number of rotatable bonds is 6. The second-order valence-corrected chi connectivity index (χ2v) is 13.3. The number of hydrogen-bond acceptors (Lipinski definition) is 7. The Labute approximate surface area is 206 Å². The van der Waals surface area contributed by atoms with Gasteiger partial charge in [0, 0.05) is 7.53 Å². The summed E-state index contributed by atoms with van der Waals surface area (Å²) in [5.74, 6) is -3.18.